The Hall–Kier alpha value is -7.45. The molecule has 428 valence electrons. The average Bonchev–Trinajstić information content (AvgIpc) is 4.34. The molecule has 2 N–H and O–H groups in total. The molecule has 4 fully saturated rings. The van der Waals surface area contributed by atoms with Crippen LogP contribution < -0.4 is 28.7 Å². The highest BCUT2D eigenvalue weighted by molar-refractivity contribution is 6.44. The molecule has 12 rings (SSSR count). The van der Waals surface area contributed by atoms with E-state index in [0.717, 1.165) is 25.9 Å². The smallest absolute Gasteiger partial charge is 0.319 e. The number of nitrogens with one attached hydrogen (secondary N) is 2. The first-order chi connectivity index (χ1) is 39.7. The molecule has 0 radical (unpaired) electrons. The van der Waals surface area contributed by atoms with Gasteiger partial charge in [-0.05, 0) is 63.8 Å². The van der Waals surface area contributed by atoms with Crippen molar-refractivity contribution in [3.05, 3.63) is 94.2 Å². The first kappa shape index (κ1) is 56.4. The maximum absolute atomic E-state index is 14.7. The van der Waals surface area contributed by atoms with E-state index in [4.69, 9.17) is 85.0 Å². The van der Waals surface area contributed by atoms with E-state index in [1.54, 1.807) is 41.4 Å². The van der Waals surface area contributed by atoms with Gasteiger partial charge in [-0.25, -0.2) is 9.37 Å². The van der Waals surface area contributed by atoms with Crippen LogP contribution in [0.2, 0.25) is 20.2 Å². The number of rotatable bonds is 14. The molecule has 2 amide bonds. The minimum Gasteiger partial charge on any atom is -0.462 e. The summed E-state index contributed by atoms with van der Waals surface area (Å²) >= 11 is 25.8. The molecular weight excluding hydrogens is 1150 g/mol. The fraction of sp³-hybridized carbons (Fsp3) is 0.370. The summed E-state index contributed by atoms with van der Waals surface area (Å²) in [6.45, 7) is 14.2. The number of benzene rings is 2. The Morgan fingerprint density at radius 1 is 0.707 bits per heavy atom. The van der Waals surface area contributed by atoms with E-state index in [9.17, 15) is 14.0 Å². The van der Waals surface area contributed by atoms with Gasteiger partial charge in [-0.15, -0.1) is 0 Å². The number of ether oxygens (including phenoxy) is 5. The van der Waals surface area contributed by atoms with Crippen molar-refractivity contribution in [3.63, 3.8) is 0 Å². The summed E-state index contributed by atoms with van der Waals surface area (Å²) in [7, 11) is 5.74. The third kappa shape index (κ3) is 11.5. The number of methoxy groups -OCH3 is 1. The molecule has 23 nitrogen and oxygen atoms in total. The Labute approximate surface area is 488 Å². The monoisotopic (exact) mass is 1200 g/mol. The second-order valence-corrected chi connectivity index (χ2v) is 21.5. The van der Waals surface area contributed by atoms with Crippen molar-refractivity contribution in [2.24, 2.45) is 0 Å². The van der Waals surface area contributed by atoms with Gasteiger partial charge in [0.05, 0.1) is 50.0 Å². The molecule has 28 heteroatoms. The highest BCUT2D eigenvalue weighted by atomic mass is 35.5. The summed E-state index contributed by atoms with van der Waals surface area (Å²) in [5.41, 5.74) is 1.82. The van der Waals surface area contributed by atoms with Gasteiger partial charge in [0.1, 0.15) is 62.5 Å². The molecule has 4 saturated heterocycles. The largest absolute Gasteiger partial charge is 0.462 e. The number of pyridine rings is 2. The molecule has 0 saturated carbocycles. The van der Waals surface area contributed by atoms with Gasteiger partial charge in [0, 0.05) is 90.9 Å². The maximum Gasteiger partial charge on any atom is 0.319 e. The molecular formula is C54H55Cl4FN16O7. The summed E-state index contributed by atoms with van der Waals surface area (Å²) in [4.78, 5) is 64.2. The standard InChI is InChI=1S/C27H27Cl2FN8O3.C27H28Cl2N8O4/c1-3-21(39)37-7-9-38(10-8-37)25-16-11-20(28)32-26(41-24-17-13-31-35-19(17)12-18(30)22(24)29)23(16)33-27(34-25)40-14-15-5-4-6-36(15)2;1-4-21(38)36-7-9-37(10-8-36)25-15-5-6-30-26(41-24-16-12-31-34-18(16)11-17(28)22(24)29)23(15)32-27(33-25)40-20-14-35(2)13-19(20)39-3/h3,11-13,15H,1,4-10,14H2,2H3,(H,31,35);4-6,11-12,19-20H,1,7-10,13-14H2,2-3H3,(H,31,34)/t15-;19-,20-/m01/s1. The van der Waals surface area contributed by atoms with Gasteiger partial charge in [0.15, 0.2) is 11.5 Å². The van der Waals surface area contributed by atoms with Crippen LogP contribution in [0.25, 0.3) is 43.6 Å². The molecule has 8 aromatic rings. The second kappa shape index (κ2) is 24.2. The number of likely N-dealkylation sites (N-methyl/N-ethyl adjacent to an activating group) is 2. The summed E-state index contributed by atoms with van der Waals surface area (Å²) in [5.74, 6) is 0.846. The summed E-state index contributed by atoms with van der Waals surface area (Å²) in [6, 6.07) is 6.96. The third-order valence-electron chi connectivity index (χ3n) is 14.9. The van der Waals surface area contributed by atoms with E-state index >= 15 is 0 Å². The molecule has 4 aliphatic rings. The van der Waals surface area contributed by atoms with Gasteiger partial charge in [0.2, 0.25) is 23.6 Å². The second-order valence-electron chi connectivity index (χ2n) is 20.0. The van der Waals surface area contributed by atoms with Crippen molar-refractivity contribution in [1.29, 1.82) is 0 Å². The number of H-pyrrole nitrogens is 2. The third-order valence-corrected chi connectivity index (χ3v) is 16.2. The minimum absolute atomic E-state index is 0.00876. The van der Waals surface area contributed by atoms with Crippen LogP contribution in [0.3, 0.4) is 0 Å². The van der Waals surface area contributed by atoms with Crippen molar-refractivity contribution in [1.82, 2.24) is 69.9 Å². The number of hydrogen-bond donors (Lipinski definition) is 2. The van der Waals surface area contributed by atoms with E-state index in [0.29, 0.717) is 132 Å². The molecule has 82 heavy (non-hydrogen) atoms. The zero-order valence-corrected chi connectivity index (χ0v) is 47.8. The number of aromatic nitrogens is 10. The number of anilines is 2. The number of fused-ring (bicyclic) bond motifs is 4. The van der Waals surface area contributed by atoms with Gasteiger partial charge >= 0.3 is 12.0 Å². The molecule has 0 aliphatic carbocycles. The quantitative estimate of drug-likeness (QED) is 0.0775. The Balaban J connectivity index is 0.000000172. The molecule has 0 spiro atoms. The van der Waals surface area contributed by atoms with Crippen LogP contribution in [0.4, 0.5) is 16.0 Å². The van der Waals surface area contributed by atoms with Crippen LogP contribution in [0, 0.1) is 5.82 Å². The Morgan fingerprint density at radius 2 is 1.29 bits per heavy atom. The van der Waals surface area contributed by atoms with E-state index < -0.39 is 5.82 Å². The Bertz CT molecular complexity index is 3750. The predicted octanol–water partition coefficient (Wildman–Crippen LogP) is 7.99. The number of halogens is 5. The Kier molecular flexibility index (Phi) is 16.6. The fourth-order valence-corrected chi connectivity index (χ4v) is 11.2. The van der Waals surface area contributed by atoms with Gasteiger partial charge in [-0.3, -0.25) is 24.7 Å². The molecule has 3 atom stereocenters. The van der Waals surface area contributed by atoms with Crippen molar-refractivity contribution < 1.29 is 37.7 Å². The number of aromatic amines is 2. The highest BCUT2D eigenvalue weighted by Crippen LogP contribution is 2.44. The average molecular weight is 1200 g/mol. The SMILES string of the molecule is C=CC(=O)N1CCN(c2nc(OC[C@@H]3CCCN3C)nc3c(Oc4c(Cl)c(F)cc5[nH]ncc45)nc(Cl)cc23)CC1.C=CC(=O)N1CCN(c2nc(O[C@@H]3CN(C)C[C@H]3OC)nc3c(Oc4c(Cl)c(Cl)cc5[nH]ncc45)nccc23)CC1. The lowest BCUT2D eigenvalue weighted by Crippen LogP contribution is -2.48. The zero-order chi connectivity index (χ0) is 57.3. The lowest BCUT2D eigenvalue weighted by molar-refractivity contribution is -0.127. The first-order valence-electron chi connectivity index (χ1n) is 26.2. The van der Waals surface area contributed by atoms with E-state index in [-0.39, 0.29) is 74.8 Å². The topological polar surface area (TPSA) is 234 Å². The number of carbonyl (C=O) groups is 2. The van der Waals surface area contributed by atoms with Crippen LogP contribution in [0.5, 0.6) is 35.3 Å². The lowest BCUT2D eigenvalue weighted by atomic mass is 10.2. The van der Waals surface area contributed by atoms with Crippen LogP contribution in [-0.2, 0) is 14.3 Å². The summed E-state index contributed by atoms with van der Waals surface area (Å²) in [6.07, 6.45) is 9.07. The molecule has 0 bridgehead atoms. The number of amides is 2. The zero-order valence-electron chi connectivity index (χ0n) is 44.8. The van der Waals surface area contributed by atoms with E-state index in [2.05, 4.69) is 70.3 Å². The number of likely N-dealkylation sites (tertiary alicyclic amines) is 2. The Morgan fingerprint density at radius 3 is 1.93 bits per heavy atom. The lowest BCUT2D eigenvalue weighted by Gasteiger charge is -2.35. The summed E-state index contributed by atoms with van der Waals surface area (Å²) in [5, 5.41) is 16.5. The van der Waals surface area contributed by atoms with Crippen LogP contribution in [0.1, 0.15) is 12.8 Å². The minimum atomic E-state index is -0.684. The molecule has 10 heterocycles. The van der Waals surface area contributed by atoms with Crippen LogP contribution in [-0.4, -0.2) is 200 Å². The maximum atomic E-state index is 14.7. The van der Waals surface area contributed by atoms with Crippen LogP contribution in [0.15, 0.2) is 68.2 Å². The number of nitrogens with zero attached hydrogens (tertiary/aromatic N) is 14. The van der Waals surface area contributed by atoms with Crippen molar-refractivity contribution in [3.8, 4) is 35.3 Å². The predicted molar refractivity (Wildman–Crippen MR) is 309 cm³/mol. The molecule has 0 unspecified atom stereocenters. The first-order valence-corrected chi connectivity index (χ1v) is 27.8. The van der Waals surface area contributed by atoms with Gasteiger partial charge < -0.3 is 48.2 Å². The van der Waals surface area contributed by atoms with E-state index in [1.807, 2.05) is 18.0 Å². The van der Waals surface area contributed by atoms with Gasteiger partial charge in [0.25, 0.3) is 0 Å². The van der Waals surface area contributed by atoms with Crippen molar-refractivity contribution >= 4 is 113 Å². The molecule has 6 aromatic heterocycles. The number of piperazine rings is 2. The summed E-state index contributed by atoms with van der Waals surface area (Å²) < 4.78 is 45.2. The number of hydrogen-bond acceptors (Lipinski definition) is 19. The van der Waals surface area contributed by atoms with Crippen LogP contribution >= 0.6 is 46.4 Å². The fourth-order valence-electron chi connectivity index (χ4n) is 10.5. The van der Waals surface area contributed by atoms with Gasteiger partial charge in [-0.2, -0.15) is 35.1 Å². The normalized spacial score (nSPS) is 18.8. The molecule has 2 aromatic carbocycles. The van der Waals surface area contributed by atoms with Crippen molar-refractivity contribution in [2.45, 2.75) is 31.1 Å². The van der Waals surface area contributed by atoms with E-state index in [1.165, 1.54) is 24.4 Å². The highest BCUT2D eigenvalue weighted by Gasteiger charge is 2.35. The number of carbonyl (C=O) groups excluding carboxylic acids is 2. The van der Waals surface area contributed by atoms with Gasteiger partial charge in [-0.1, -0.05) is 59.6 Å². The molecule has 4 aliphatic heterocycles. The van der Waals surface area contributed by atoms with Crippen molar-refractivity contribution in [2.75, 3.05) is 110 Å².